The largest absolute Gasteiger partial charge is 0.308 e. The van der Waals surface area contributed by atoms with Crippen LogP contribution in [-0.2, 0) is 13.0 Å². The zero-order chi connectivity index (χ0) is 10.4. The van der Waals surface area contributed by atoms with Gasteiger partial charge in [-0.15, -0.1) is 0 Å². The molecule has 0 unspecified atom stereocenters. The molecule has 2 heteroatoms. The highest BCUT2D eigenvalue weighted by molar-refractivity contribution is 6.29. The quantitative estimate of drug-likeness (QED) is 0.786. The summed E-state index contributed by atoms with van der Waals surface area (Å²) in [7, 11) is 0. The highest BCUT2D eigenvalue weighted by atomic mass is 35.5. The zero-order valence-electron chi connectivity index (χ0n) is 8.52. The van der Waals surface area contributed by atoms with Crippen LogP contribution < -0.4 is 5.32 Å². The summed E-state index contributed by atoms with van der Waals surface area (Å²) in [6, 6.07) is 8.60. The lowest BCUT2D eigenvalue weighted by Crippen LogP contribution is -2.14. The van der Waals surface area contributed by atoms with Crippen molar-refractivity contribution in [2.45, 2.75) is 19.9 Å². The number of nitrogens with one attached hydrogen (secondary N) is 1. The summed E-state index contributed by atoms with van der Waals surface area (Å²) < 4.78 is 0. The molecule has 0 bridgehead atoms. The molecule has 0 saturated carbocycles. The Morgan fingerprint density at radius 3 is 2.36 bits per heavy atom. The van der Waals surface area contributed by atoms with Crippen molar-refractivity contribution in [2.75, 3.05) is 6.54 Å². The van der Waals surface area contributed by atoms with Crippen molar-refractivity contribution in [3.8, 4) is 0 Å². The summed E-state index contributed by atoms with van der Waals surface area (Å²) in [5.41, 5.74) is 2.65. The number of rotatable bonds is 5. The second-order valence-electron chi connectivity index (χ2n) is 3.29. The molecule has 0 aromatic heterocycles. The Hall–Kier alpha value is -0.790. The molecule has 0 fully saturated rings. The Balaban J connectivity index is 2.40. The number of benzene rings is 1. The second kappa shape index (κ2) is 5.84. The van der Waals surface area contributed by atoms with E-state index in [1.54, 1.807) is 0 Å². The first-order chi connectivity index (χ1) is 6.72. The van der Waals surface area contributed by atoms with Crippen LogP contribution >= 0.6 is 11.6 Å². The summed E-state index contributed by atoms with van der Waals surface area (Å²) >= 11 is 5.63. The summed E-state index contributed by atoms with van der Waals surface area (Å²) in [5.74, 6) is 0. The Bertz CT molecular complexity index is 290. The molecule has 0 radical (unpaired) electrons. The first-order valence-corrected chi connectivity index (χ1v) is 5.22. The number of hydrogen-bond acceptors (Lipinski definition) is 1. The molecule has 0 aliphatic carbocycles. The molecule has 76 valence electrons. The molecule has 1 N–H and O–H groups in total. The van der Waals surface area contributed by atoms with Crippen LogP contribution in [0.3, 0.4) is 0 Å². The van der Waals surface area contributed by atoms with Gasteiger partial charge in [-0.1, -0.05) is 49.4 Å². The molecule has 1 rings (SSSR count). The van der Waals surface area contributed by atoms with Crippen molar-refractivity contribution in [3.05, 3.63) is 47.0 Å². The standard InChI is InChI=1S/C12H16ClN/c1-3-11-4-6-12(7-5-11)9-14-8-10(2)13/h4-7,14H,2-3,8-9H2,1H3. The van der Waals surface area contributed by atoms with Gasteiger partial charge in [0.25, 0.3) is 0 Å². The van der Waals surface area contributed by atoms with E-state index in [1.807, 2.05) is 0 Å². The molecule has 0 aliphatic rings. The van der Waals surface area contributed by atoms with Gasteiger partial charge in [-0.25, -0.2) is 0 Å². The molecule has 0 atom stereocenters. The van der Waals surface area contributed by atoms with E-state index in [4.69, 9.17) is 11.6 Å². The van der Waals surface area contributed by atoms with Gasteiger partial charge in [0.05, 0.1) is 0 Å². The zero-order valence-corrected chi connectivity index (χ0v) is 9.27. The maximum Gasteiger partial charge on any atom is 0.0310 e. The van der Waals surface area contributed by atoms with Gasteiger partial charge < -0.3 is 5.32 Å². The third-order valence-electron chi connectivity index (χ3n) is 2.08. The first kappa shape index (κ1) is 11.3. The summed E-state index contributed by atoms with van der Waals surface area (Å²) in [6.07, 6.45) is 1.09. The molecule has 1 aromatic rings. The van der Waals surface area contributed by atoms with Gasteiger partial charge in [0, 0.05) is 18.1 Å². The van der Waals surface area contributed by atoms with Gasteiger partial charge in [-0.05, 0) is 17.5 Å². The lowest BCUT2D eigenvalue weighted by Gasteiger charge is -2.04. The number of aryl methyl sites for hydroxylation is 1. The van der Waals surface area contributed by atoms with Crippen LogP contribution in [-0.4, -0.2) is 6.54 Å². The van der Waals surface area contributed by atoms with Crippen molar-refractivity contribution in [1.29, 1.82) is 0 Å². The normalized spacial score (nSPS) is 10.1. The highest BCUT2D eigenvalue weighted by Crippen LogP contribution is 2.04. The first-order valence-electron chi connectivity index (χ1n) is 4.84. The second-order valence-corrected chi connectivity index (χ2v) is 3.83. The Morgan fingerprint density at radius 1 is 1.29 bits per heavy atom. The molecule has 14 heavy (non-hydrogen) atoms. The van der Waals surface area contributed by atoms with E-state index in [9.17, 15) is 0 Å². The molecule has 0 saturated heterocycles. The molecule has 0 amide bonds. The topological polar surface area (TPSA) is 12.0 Å². The maximum atomic E-state index is 5.63. The minimum atomic E-state index is 0.648. The van der Waals surface area contributed by atoms with Gasteiger partial charge in [-0.2, -0.15) is 0 Å². The van der Waals surface area contributed by atoms with E-state index < -0.39 is 0 Å². The third kappa shape index (κ3) is 3.95. The van der Waals surface area contributed by atoms with Crippen LogP contribution in [0.4, 0.5) is 0 Å². The average molecular weight is 210 g/mol. The maximum absolute atomic E-state index is 5.63. The van der Waals surface area contributed by atoms with Crippen LogP contribution in [0, 0.1) is 0 Å². The molecular formula is C12H16ClN. The van der Waals surface area contributed by atoms with Crippen LogP contribution in [0.5, 0.6) is 0 Å². The molecule has 1 aromatic carbocycles. The van der Waals surface area contributed by atoms with E-state index >= 15 is 0 Å². The predicted octanol–water partition coefficient (Wildman–Crippen LogP) is 3.09. The number of halogens is 1. The third-order valence-corrected chi connectivity index (χ3v) is 2.21. The van der Waals surface area contributed by atoms with E-state index in [0.717, 1.165) is 13.0 Å². The highest BCUT2D eigenvalue weighted by Gasteiger charge is 1.93. The van der Waals surface area contributed by atoms with Crippen molar-refractivity contribution in [2.24, 2.45) is 0 Å². The van der Waals surface area contributed by atoms with Crippen LogP contribution in [0.2, 0.25) is 0 Å². The Labute approximate surface area is 90.8 Å². The van der Waals surface area contributed by atoms with Gasteiger partial charge in [0.1, 0.15) is 0 Å². The molecular weight excluding hydrogens is 194 g/mol. The minimum Gasteiger partial charge on any atom is -0.308 e. The van der Waals surface area contributed by atoms with Crippen molar-refractivity contribution in [1.82, 2.24) is 5.32 Å². The Morgan fingerprint density at radius 2 is 1.86 bits per heavy atom. The number of hydrogen-bond donors (Lipinski definition) is 1. The van der Waals surface area contributed by atoms with E-state index in [2.05, 4.69) is 43.1 Å². The average Bonchev–Trinajstić information content (AvgIpc) is 2.18. The van der Waals surface area contributed by atoms with Gasteiger partial charge >= 0.3 is 0 Å². The molecule has 0 heterocycles. The predicted molar refractivity (Wildman–Crippen MR) is 62.5 cm³/mol. The molecule has 1 nitrogen and oxygen atoms in total. The Kier molecular flexibility index (Phi) is 4.71. The summed E-state index contributed by atoms with van der Waals surface area (Å²) in [4.78, 5) is 0. The van der Waals surface area contributed by atoms with Gasteiger partial charge in [0.15, 0.2) is 0 Å². The van der Waals surface area contributed by atoms with Gasteiger partial charge in [0.2, 0.25) is 0 Å². The SMILES string of the molecule is C=C(Cl)CNCc1ccc(CC)cc1. The fraction of sp³-hybridized carbons (Fsp3) is 0.333. The van der Waals surface area contributed by atoms with Crippen LogP contribution in [0.1, 0.15) is 18.1 Å². The van der Waals surface area contributed by atoms with Crippen molar-refractivity contribution < 1.29 is 0 Å². The van der Waals surface area contributed by atoms with E-state index in [1.165, 1.54) is 11.1 Å². The molecule has 0 spiro atoms. The fourth-order valence-electron chi connectivity index (χ4n) is 1.24. The lowest BCUT2D eigenvalue weighted by atomic mass is 10.1. The minimum absolute atomic E-state index is 0.648. The smallest absolute Gasteiger partial charge is 0.0310 e. The monoisotopic (exact) mass is 209 g/mol. The van der Waals surface area contributed by atoms with E-state index in [-0.39, 0.29) is 0 Å². The lowest BCUT2D eigenvalue weighted by molar-refractivity contribution is 0.754. The molecule has 0 aliphatic heterocycles. The fourth-order valence-corrected chi connectivity index (χ4v) is 1.33. The van der Waals surface area contributed by atoms with Crippen LogP contribution in [0.25, 0.3) is 0 Å². The van der Waals surface area contributed by atoms with Crippen molar-refractivity contribution in [3.63, 3.8) is 0 Å². The van der Waals surface area contributed by atoms with Crippen molar-refractivity contribution >= 4 is 11.6 Å². The summed E-state index contributed by atoms with van der Waals surface area (Å²) in [6.45, 7) is 7.28. The van der Waals surface area contributed by atoms with Crippen LogP contribution in [0.15, 0.2) is 35.9 Å². The van der Waals surface area contributed by atoms with Gasteiger partial charge in [-0.3, -0.25) is 0 Å². The summed E-state index contributed by atoms with van der Waals surface area (Å²) in [5, 5.41) is 3.86. The van der Waals surface area contributed by atoms with E-state index in [0.29, 0.717) is 11.6 Å².